The highest BCUT2D eigenvalue weighted by molar-refractivity contribution is 8.77. The van der Waals surface area contributed by atoms with Crippen LogP contribution in [0.5, 0.6) is 0 Å². The van der Waals surface area contributed by atoms with Gasteiger partial charge in [0.25, 0.3) is 17.1 Å². The molecular formula is C57H92BN7O10P2S4. The SMILES string of the molecule is CC(C)N(C(C)C)P(OCCC#N)OCC(CSSC(C)(C)C)NC(=O)OCC1c2ccccc2-c2ccccc21.[B]C1CC(OP(OCCC#N)N(C(C)C)C(C)C)C(CNC(=O)C(CSSC(C)(C)C)NC(=O)OC(C)(C)C)O1. The minimum atomic E-state index is -1.50. The molecule has 0 saturated carbocycles. The van der Waals surface area contributed by atoms with Gasteiger partial charge in [-0.05, 0) is 105 Å². The van der Waals surface area contributed by atoms with Crippen molar-refractivity contribution in [2.45, 2.75) is 212 Å². The summed E-state index contributed by atoms with van der Waals surface area (Å²) in [6, 6.07) is 19.9. The summed E-state index contributed by atoms with van der Waals surface area (Å²) in [5.41, 5.74) is 4.07. The molecule has 3 amide bonds. The minimum absolute atomic E-state index is 0.000634. The van der Waals surface area contributed by atoms with E-state index in [1.165, 1.54) is 33.0 Å². The predicted octanol–water partition coefficient (Wildman–Crippen LogP) is 13.5. The standard InChI is InChI=1S/C31H44N3O4PS2.C26H48BN4O6PS2/c1-22(2)34(23(3)4)39(37-18-12-17-32)38-19-24(21-40-41-31(5,6)7)33-30(35)36-20-29-27-15-10-8-13-25(27)26-14-9-11-16-28(26)29;1-17(2)31(18(3)4)38(34-13-11-12-28)37-20-14-22(27)35-21(20)15-29-23(32)19(16-39-40-26(8,9)10)30-24(33)36-25(5,6)7/h8-11,13-16,22-24,29H,12,18-21H2,1-7H3,(H,33,35);17-22H,11,13-16H2,1-10H3,(H,29,32)(H,30,33). The number of ether oxygens (including phenoxy) is 3. The van der Waals surface area contributed by atoms with Crippen LogP contribution < -0.4 is 16.0 Å². The maximum Gasteiger partial charge on any atom is 0.408 e. The minimum Gasteiger partial charge on any atom is -0.449 e. The predicted molar refractivity (Wildman–Crippen MR) is 338 cm³/mol. The Balaban J connectivity index is 0.000000426. The Morgan fingerprint density at radius 2 is 1.21 bits per heavy atom. The van der Waals surface area contributed by atoms with Gasteiger partial charge in [-0.25, -0.2) is 18.9 Å². The third kappa shape index (κ3) is 27.2. The van der Waals surface area contributed by atoms with Crippen LogP contribution in [0.3, 0.4) is 0 Å². The Labute approximate surface area is 505 Å². The topological polar surface area (TPSA) is 206 Å². The fraction of sp³-hybridized carbons (Fsp3) is 0.702. The number of amides is 3. The molecule has 7 unspecified atom stereocenters. The molecule has 0 bridgehead atoms. The molecule has 24 heteroatoms. The zero-order valence-corrected chi connectivity index (χ0v) is 56.0. The summed E-state index contributed by atoms with van der Waals surface area (Å²) in [5, 5.41) is 26.7. The number of carbonyl (C=O) groups is 3. The molecule has 452 valence electrons. The quantitative estimate of drug-likeness (QED) is 0.0288. The first-order chi connectivity index (χ1) is 37.9. The fourth-order valence-corrected chi connectivity index (χ4v) is 16.8. The first-order valence-electron chi connectivity index (χ1n) is 27.8. The van der Waals surface area contributed by atoms with Crippen LogP contribution in [0.2, 0.25) is 0 Å². The molecule has 0 spiro atoms. The monoisotopic (exact) mass is 1240 g/mol. The van der Waals surface area contributed by atoms with E-state index in [4.69, 9.17) is 50.7 Å². The van der Waals surface area contributed by atoms with E-state index in [9.17, 15) is 14.4 Å². The summed E-state index contributed by atoms with van der Waals surface area (Å²) >= 11 is 0. The van der Waals surface area contributed by atoms with Gasteiger partial charge in [0.2, 0.25) is 5.91 Å². The summed E-state index contributed by atoms with van der Waals surface area (Å²) in [7, 11) is 9.83. The number of alkyl carbamates (subject to hydrolysis) is 2. The first kappa shape index (κ1) is 72.7. The van der Waals surface area contributed by atoms with Crippen LogP contribution in [-0.4, -0.2) is 149 Å². The molecule has 2 aromatic carbocycles. The van der Waals surface area contributed by atoms with Crippen molar-refractivity contribution in [2.24, 2.45) is 0 Å². The second-order valence-electron chi connectivity index (χ2n) is 23.6. The van der Waals surface area contributed by atoms with Crippen LogP contribution in [0.25, 0.3) is 11.1 Å². The molecule has 4 rings (SSSR count). The van der Waals surface area contributed by atoms with Gasteiger partial charge < -0.3 is 48.3 Å². The van der Waals surface area contributed by atoms with E-state index in [2.05, 4.69) is 159 Å². The maximum atomic E-state index is 13.2. The number of benzene rings is 2. The molecule has 2 radical (unpaired) electrons. The smallest absolute Gasteiger partial charge is 0.408 e. The van der Waals surface area contributed by atoms with Crippen molar-refractivity contribution in [3.63, 3.8) is 0 Å². The molecule has 2 aromatic rings. The van der Waals surface area contributed by atoms with Gasteiger partial charge in [0, 0.05) is 63.6 Å². The Morgan fingerprint density at radius 1 is 0.716 bits per heavy atom. The zero-order valence-electron chi connectivity index (χ0n) is 50.9. The largest absolute Gasteiger partial charge is 0.449 e. The van der Waals surface area contributed by atoms with Crippen LogP contribution in [0, 0.1) is 22.7 Å². The maximum absolute atomic E-state index is 13.2. The van der Waals surface area contributed by atoms with Crippen molar-refractivity contribution in [3.8, 4) is 23.3 Å². The van der Waals surface area contributed by atoms with Crippen LogP contribution in [0.1, 0.15) is 154 Å². The lowest BCUT2D eigenvalue weighted by Crippen LogP contribution is -2.51. The third-order valence-electron chi connectivity index (χ3n) is 11.4. The summed E-state index contributed by atoms with van der Waals surface area (Å²) in [5.74, 6) is 0.653. The van der Waals surface area contributed by atoms with Gasteiger partial charge in [-0.2, -0.15) is 10.5 Å². The molecular weight excluding hydrogens is 1140 g/mol. The molecule has 1 aliphatic carbocycles. The van der Waals surface area contributed by atoms with E-state index in [0.717, 1.165) is 0 Å². The highest BCUT2D eigenvalue weighted by atomic mass is 33.1. The van der Waals surface area contributed by atoms with Crippen molar-refractivity contribution in [1.82, 2.24) is 25.3 Å². The van der Waals surface area contributed by atoms with Crippen LogP contribution in [0.15, 0.2) is 48.5 Å². The molecule has 1 heterocycles. The zero-order chi connectivity index (χ0) is 60.7. The van der Waals surface area contributed by atoms with Gasteiger partial charge in [0.15, 0.2) is 0 Å². The van der Waals surface area contributed by atoms with Crippen LogP contribution in [0.4, 0.5) is 9.59 Å². The number of hydrogen-bond acceptors (Lipinski definition) is 18. The molecule has 81 heavy (non-hydrogen) atoms. The van der Waals surface area contributed by atoms with Gasteiger partial charge in [-0.1, -0.05) is 133 Å². The van der Waals surface area contributed by atoms with E-state index >= 15 is 0 Å². The number of fused-ring (bicyclic) bond motifs is 3. The summed E-state index contributed by atoms with van der Waals surface area (Å²) < 4.78 is 46.4. The number of nitriles is 2. The molecule has 0 aromatic heterocycles. The van der Waals surface area contributed by atoms with E-state index < -0.39 is 59.1 Å². The van der Waals surface area contributed by atoms with Crippen LogP contribution in [-0.2, 0) is 37.1 Å². The summed E-state index contributed by atoms with van der Waals surface area (Å²) in [6.07, 6.45) is -1.06. The molecule has 3 N–H and O–H groups in total. The lowest BCUT2D eigenvalue weighted by Gasteiger charge is -2.37. The number of nitrogens with zero attached hydrogens (tertiary/aromatic N) is 4. The van der Waals surface area contributed by atoms with Crippen molar-refractivity contribution >= 4 is 86.2 Å². The lowest BCUT2D eigenvalue weighted by molar-refractivity contribution is -0.123. The highest BCUT2D eigenvalue weighted by Gasteiger charge is 2.40. The second kappa shape index (κ2) is 35.8. The lowest BCUT2D eigenvalue weighted by atomic mass is 9.96. The van der Waals surface area contributed by atoms with Crippen molar-refractivity contribution in [2.75, 3.05) is 44.5 Å². The molecule has 7 atom stereocenters. The van der Waals surface area contributed by atoms with Gasteiger partial charge in [0.05, 0.1) is 56.9 Å². The highest BCUT2D eigenvalue weighted by Crippen LogP contribution is 2.50. The van der Waals surface area contributed by atoms with Crippen LogP contribution >= 0.6 is 60.2 Å². The molecule has 1 saturated heterocycles. The fourth-order valence-electron chi connectivity index (χ4n) is 8.38. The third-order valence-corrected chi connectivity index (χ3v) is 22.4. The number of carbonyl (C=O) groups excluding carboxylic acids is 3. The van der Waals surface area contributed by atoms with E-state index in [-0.39, 0.29) is 84.3 Å². The molecule has 1 aliphatic heterocycles. The van der Waals surface area contributed by atoms with Crippen molar-refractivity contribution in [3.05, 3.63) is 59.7 Å². The summed E-state index contributed by atoms with van der Waals surface area (Å²) in [4.78, 5) is 38.8. The van der Waals surface area contributed by atoms with E-state index in [1.54, 1.807) is 53.2 Å². The van der Waals surface area contributed by atoms with Gasteiger partial charge in [0.1, 0.15) is 32.2 Å². The second-order valence-corrected chi connectivity index (χ2v) is 32.7. The number of rotatable bonds is 30. The van der Waals surface area contributed by atoms with Gasteiger partial charge in [-0.15, -0.1) is 0 Å². The van der Waals surface area contributed by atoms with Crippen molar-refractivity contribution < 1.29 is 46.7 Å². The number of nitrogens with one attached hydrogen (secondary N) is 3. The Hall–Kier alpha value is -2.53. The normalized spacial score (nSPS) is 17.9. The van der Waals surface area contributed by atoms with E-state index in [0.29, 0.717) is 31.0 Å². The Kier molecular flexibility index (Phi) is 32.2. The molecule has 17 nitrogen and oxygen atoms in total. The van der Waals surface area contributed by atoms with E-state index in [1.807, 2.05) is 24.3 Å². The molecule has 1 fully saturated rings. The average molecular weight is 1240 g/mol. The Bertz CT molecular complexity index is 2260. The van der Waals surface area contributed by atoms with Crippen molar-refractivity contribution in [1.29, 1.82) is 10.5 Å². The average Bonchev–Trinajstić information content (AvgIpc) is 3.89. The van der Waals surface area contributed by atoms with Gasteiger partial charge >= 0.3 is 12.2 Å². The molecule has 2 aliphatic rings. The first-order valence-corrected chi connectivity index (χ1v) is 34.7. The van der Waals surface area contributed by atoms with Gasteiger partial charge in [-0.3, -0.25) is 4.79 Å². The number of hydrogen-bond donors (Lipinski definition) is 3. The summed E-state index contributed by atoms with van der Waals surface area (Å²) in [6.45, 7) is 36.0. The Morgan fingerprint density at radius 3 is 1.70 bits per heavy atom.